The van der Waals surface area contributed by atoms with Crippen molar-refractivity contribution in [1.82, 2.24) is 10.3 Å². The van der Waals surface area contributed by atoms with E-state index >= 15 is 0 Å². The fourth-order valence-corrected chi connectivity index (χ4v) is 2.96. The minimum atomic E-state index is -0.636. The molecule has 0 fully saturated rings. The Balaban J connectivity index is 2.56. The predicted molar refractivity (Wildman–Crippen MR) is 78.3 cm³/mol. The van der Waals surface area contributed by atoms with Crippen molar-refractivity contribution in [3.63, 3.8) is 0 Å². The maximum absolute atomic E-state index is 11.9. The molecule has 1 heterocycles. The molecule has 0 bridgehead atoms. The standard InChI is InChI=1S/C14H22N2O2S/c1-11(2)16-14(3,13(17)18-4)7-10-19-12-5-8-15-9-6-12/h5-6,8-9,11,16H,7,10H2,1-4H3. The smallest absolute Gasteiger partial charge is 0.325 e. The lowest BCUT2D eigenvalue weighted by molar-refractivity contribution is -0.148. The SMILES string of the molecule is COC(=O)C(C)(CCSc1ccncc1)NC(C)C. The van der Waals surface area contributed by atoms with Crippen LogP contribution in [-0.4, -0.2) is 35.4 Å². The van der Waals surface area contributed by atoms with Crippen molar-refractivity contribution in [2.75, 3.05) is 12.9 Å². The zero-order valence-corrected chi connectivity index (χ0v) is 12.8. The van der Waals surface area contributed by atoms with E-state index in [-0.39, 0.29) is 12.0 Å². The fourth-order valence-electron chi connectivity index (χ4n) is 1.90. The first-order chi connectivity index (χ1) is 8.98. The van der Waals surface area contributed by atoms with Crippen LogP contribution in [0.25, 0.3) is 0 Å². The fraction of sp³-hybridized carbons (Fsp3) is 0.571. The van der Waals surface area contributed by atoms with Gasteiger partial charge in [0.15, 0.2) is 0 Å². The van der Waals surface area contributed by atoms with E-state index in [9.17, 15) is 4.79 Å². The molecule has 0 saturated carbocycles. The van der Waals surface area contributed by atoms with E-state index in [0.717, 1.165) is 10.6 Å². The number of methoxy groups -OCH3 is 1. The summed E-state index contributed by atoms with van der Waals surface area (Å²) in [5.74, 6) is 0.631. The normalized spacial score (nSPS) is 14.2. The molecule has 0 aromatic carbocycles. The third kappa shape index (κ3) is 5.20. The molecule has 0 aliphatic heterocycles. The van der Waals surface area contributed by atoms with Gasteiger partial charge in [0.25, 0.3) is 0 Å². The highest BCUT2D eigenvalue weighted by atomic mass is 32.2. The zero-order chi connectivity index (χ0) is 14.3. The van der Waals surface area contributed by atoms with Gasteiger partial charge in [0.2, 0.25) is 0 Å². The summed E-state index contributed by atoms with van der Waals surface area (Å²) < 4.78 is 4.90. The molecule has 1 aromatic rings. The van der Waals surface area contributed by atoms with Crippen molar-refractivity contribution in [1.29, 1.82) is 0 Å². The van der Waals surface area contributed by atoms with Gasteiger partial charge in [0.05, 0.1) is 7.11 Å². The summed E-state index contributed by atoms with van der Waals surface area (Å²) in [5.41, 5.74) is -0.636. The van der Waals surface area contributed by atoms with Crippen molar-refractivity contribution >= 4 is 17.7 Å². The van der Waals surface area contributed by atoms with E-state index in [1.54, 1.807) is 24.2 Å². The third-order valence-corrected chi connectivity index (χ3v) is 3.78. The second-order valence-electron chi connectivity index (χ2n) is 4.90. The van der Waals surface area contributed by atoms with Crippen LogP contribution in [0.4, 0.5) is 0 Å². The van der Waals surface area contributed by atoms with Crippen LogP contribution in [0.5, 0.6) is 0 Å². The van der Waals surface area contributed by atoms with Gasteiger partial charge in [-0.05, 0) is 39.3 Å². The van der Waals surface area contributed by atoms with Crippen LogP contribution in [0.15, 0.2) is 29.4 Å². The van der Waals surface area contributed by atoms with Crippen LogP contribution in [0, 0.1) is 0 Å². The van der Waals surface area contributed by atoms with E-state index < -0.39 is 5.54 Å². The molecule has 0 amide bonds. The van der Waals surface area contributed by atoms with E-state index in [4.69, 9.17) is 4.74 Å². The van der Waals surface area contributed by atoms with Gasteiger partial charge >= 0.3 is 5.97 Å². The molecular weight excluding hydrogens is 260 g/mol. The van der Waals surface area contributed by atoms with Gasteiger partial charge in [-0.1, -0.05) is 0 Å². The molecule has 0 saturated heterocycles. The summed E-state index contributed by atoms with van der Waals surface area (Å²) in [6.07, 6.45) is 4.26. The average molecular weight is 282 g/mol. The number of ether oxygens (including phenoxy) is 1. The Bertz CT molecular complexity index is 398. The molecule has 106 valence electrons. The molecular formula is C14H22N2O2S. The van der Waals surface area contributed by atoms with Gasteiger partial charge < -0.3 is 4.74 Å². The highest BCUT2D eigenvalue weighted by Crippen LogP contribution is 2.22. The first-order valence-corrected chi connectivity index (χ1v) is 7.35. The van der Waals surface area contributed by atoms with Crippen LogP contribution >= 0.6 is 11.8 Å². The van der Waals surface area contributed by atoms with Gasteiger partial charge in [0, 0.05) is 29.1 Å². The Morgan fingerprint density at radius 2 is 2.11 bits per heavy atom. The molecule has 0 aliphatic rings. The number of nitrogens with one attached hydrogen (secondary N) is 1. The molecule has 0 aliphatic carbocycles. The van der Waals surface area contributed by atoms with Crippen LogP contribution in [0.2, 0.25) is 0 Å². The molecule has 0 spiro atoms. The van der Waals surface area contributed by atoms with Crippen LogP contribution < -0.4 is 5.32 Å². The molecule has 1 atom stereocenters. The molecule has 1 rings (SSSR count). The maximum atomic E-state index is 11.9. The number of rotatable bonds is 7. The van der Waals surface area contributed by atoms with E-state index in [1.165, 1.54) is 7.11 Å². The van der Waals surface area contributed by atoms with Crippen LogP contribution in [-0.2, 0) is 9.53 Å². The number of hydrogen-bond acceptors (Lipinski definition) is 5. The zero-order valence-electron chi connectivity index (χ0n) is 12.0. The number of aromatic nitrogens is 1. The first kappa shape index (κ1) is 16.0. The van der Waals surface area contributed by atoms with Crippen molar-refractivity contribution in [2.45, 2.75) is 43.7 Å². The van der Waals surface area contributed by atoms with E-state index in [0.29, 0.717) is 6.42 Å². The second kappa shape index (κ2) is 7.50. The number of carbonyl (C=O) groups excluding carboxylic acids is 1. The molecule has 1 aromatic heterocycles. The molecule has 1 unspecified atom stereocenters. The Morgan fingerprint density at radius 1 is 1.47 bits per heavy atom. The first-order valence-electron chi connectivity index (χ1n) is 6.37. The Morgan fingerprint density at radius 3 is 2.63 bits per heavy atom. The number of pyridine rings is 1. The summed E-state index contributed by atoms with van der Waals surface area (Å²) >= 11 is 1.71. The highest BCUT2D eigenvalue weighted by molar-refractivity contribution is 7.99. The molecule has 4 nitrogen and oxygen atoms in total. The van der Waals surface area contributed by atoms with E-state index in [2.05, 4.69) is 10.3 Å². The predicted octanol–water partition coefficient (Wildman–Crippen LogP) is 2.49. The van der Waals surface area contributed by atoms with Crippen molar-refractivity contribution in [2.24, 2.45) is 0 Å². The topological polar surface area (TPSA) is 51.2 Å². The van der Waals surface area contributed by atoms with Gasteiger partial charge in [-0.15, -0.1) is 11.8 Å². The lowest BCUT2D eigenvalue weighted by atomic mass is 9.98. The van der Waals surface area contributed by atoms with Gasteiger partial charge in [-0.3, -0.25) is 15.1 Å². The van der Waals surface area contributed by atoms with Crippen molar-refractivity contribution < 1.29 is 9.53 Å². The Labute approximate surface area is 119 Å². The summed E-state index contributed by atoms with van der Waals surface area (Å²) in [4.78, 5) is 17.0. The summed E-state index contributed by atoms with van der Waals surface area (Å²) in [5, 5.41) is 3.29. The molecule has 19 heavy (non-hydrogen) atoms. The maximum Gasteiger partial charge on any atom is 0.325 e. The lowest BCUT2D eigenvalue weighted by Gasteiger charge is -2.30. The monoisotopic (exact) mass is 282 g/mol. The summed E-state index contributed by atoms with van der Waals surface area (Å²) in [6.45, 7) is 5.94. The Kier molecular flexibility index (Phi) is 6.31. The number of nitrogens with zero attached hydrogens (tertiary/aromatic N) is 1. The number of hydrogen-bond donors (Lipinski definition) is 1. The van der Waals surface area contributed by atoms with E-state index in [1.807, 2.05) is 32.9 Å². The minimum Gasteiger partial charge on any atom is -0.468 e. The van der Waals surface area contributed by atoms with Gasteiger partial charge in [-0.2, -0.15) is 0 Å². The highest BCUT2D eigenvalue weighted by Gasteiger charge is 2.34. The van der Waals surface area contributed by atoms with Gasteiger partial charge in [-0.25, -0.2) is 0 Å². The molecule has 0 radical (unpaired) electrons. The number of thioether (sulfide) groups is 1. The lowest BCUT2D eigenvalue weighted by Crippen LogP contribution is -2.53. The molecule has 5 heteroatoms. The minimum absolute atomic E-state index is 0.212. The molecule has 1 N–H and O–H groups in total. The summed E-state index contributed by atoms with van der Waals surface area (Å²) in [6, 6.07) is 4.17. The average Bonchev–Trinajstić information content (AvgIpc) is 2.38. The van der Waals surface area contributed by atoms with Gasteiger partial charge in [0.1, 0.15) is 5.54 Å². The number of carbonyl (C=O) groups is 1. The van der Waals surface area contributed by atoms with Crippen molar-refractivity contribution in [3.05, 3.63) is 24.5 Å². The number of esters is 1. The quantitative estimate of drug-likeness (QED) is 0.615. The largest absolute Gasteiger partial charge is 0.468 e. The summed E-state index contributed by atoms with van der Waals surface area (Å²) in [7, 11) is 1.43. The Hall–Kier alpha value is -1.07. The van der Waals surface area contributed by atoms with Crippen LogP contribution in [0.3, 0.4) is 0 Å². The van der Waals surface area contributed by atoms with Crippen molar-refractivity contribution in [3.8, 4) is 0 Å². The third-order valence-electron chi connectivity index (χ3n) is 2.76. The van der Waals surface area contributed by atoms with Crippen LogP contribution in [0.1, 0.15) is 27.2 Å². The second-order valence-corrected chi connectivity index (χ2v) is 6.07.